The fourth-order valence-electron chi connectivity index (χ4n) is 2.75. The first-order valence-corrected chi connectivity index (χ1v) is 10.4. The zero-order chi connectivity index (χ0) is 20.2. The van der Waals surface area contributed by atoms with Crippen molar-refractivity contribution in [3.63, 3.8) is 0 Å². The topological polar surface area (TPSA) is 89.2 Å². The average Bonchev–Trinajstić information content (AvgIpc) is 3.14. The smallest absolute Gasteiger partial charge is 0.186 e. The molecular formula is C18H29N7OS2. The second-order valence-corrected chi connectivity index (χ2v) is 7.12. The highest BCUT2D eigenvalue weighted by molar-refractivity contribution is 7.80. The van der Waals surface area contributed by atoms with Gasteiger partial charge in [-0.05, 0) is 76.3 Å². The molecule has 0 spiro atoms. The van der Waals surface area contributed by atoms with Gasteiger partial charge >= 0.3 is 0 Å². The molecule has 0 unspecified atom stereocenters. The predicted octanol–water partition coefficient (Wildman–Crippen LogP) is 1.92. The van der Waals surface area contributed by atoms with Gasteiger partial charge in [-0.25, -0.2) is 0 Å². The summed E-state index contributed by atoms with van der Waals surface area (Å²) in [6, 6.07) is 3.87. The minimum absolute atomic E-state index is 0.435. The van der Waals surface area contributed by atoms with Crippen LogP contribution >= 0.6 is 24.4 Å². The first kappa shape index (κ1) is 22.3. The third-order valence-corrected chi connectivity index (χ3v) is 4.52. The number of hydrogen-bond acceptors (Lipinski definition) is 6. The van der Waals surface area contributed by atoms with Gasteiger partial charge in [0.15, 0.2) is 16.0 Å². The number of thiocarbonyl (C=S) groups is 2. The number of nitrogens with one attached hydrogen (secondary N) is 4. The Balaban J connectivity index is 2.06. The molecule has 8 nitrogen and oxygen atoms in total. The van der Waals surface area contributed by atoms with Crippen LogP contribution in [-0.4, -0.2) is 53.2 Å². The molecule has 0 aliphatic carbocycles. The predicted molar refractivity (Wildman–Crippen MR) is 122 cm³/mol. The van der Waals surface area contributed by atoms with Crippen LogP contribution in [0, 0.1) is 0 Å². The number of nitrogens with zero attached hydrogens (tertiary/aromatic N) is 3. The van der Waals surface area contributed by atoms with Gasteiger partial charge in [0, 0.05) is 13.1 Å². The summed E-state index contributed by atoms with van der Waals surface area (Å²) >= 11 is 10.3. The van der Waals surface area contributed by atoms with Crippen LogP contribution in [0.5, 0.6) is 0 Å². The molecule has 0 radical (unpaired) electrons. The Bertz CT molecular complexity index is 696. The van der Waals surface area contributed by atoms with Gasteiger partial charge in [-0.15, -0.1) is 0 Å². The van der Waals surface area contributed by atoms with Gasteiger partial charge in [0.1, 0.15) is 11.5 Å². The molecule has 1 saturated heterocycles. The lowest BCUT2D eigenvalue weighted by Gasteiger charge is -2.25. The monoisotopic (exact) mass is 423 g/mol. The Labute approximate surface area is 177 Å². The maximum Gasteiger partial charge on any atom is 0.186 e. The van der Waals surface area contributed by atoms with Crippen LogP contribution in [0.3, 0.4) is 0 Å². The summed E-state index contributed by atoms with van der Waals surface area (Å²) in [7, 11) is 0. The summed E-state index contributed by atoms with van der Waals surface area (Å²) < 4.78 is 6.00. The number of rotatable bonds is 8. The second-order valence-electron chi connectivity index (χ2n) is 6.30. The third kappa shape index (κ3) is 7.91. The lowest BCUT2D eigenvalue weighted by molar-refractivity contribution is 0.205. The van der Waals surface area contributed by atoms with Crippen molar-refractivity contribution in [2.75, 3.05) is 26.2 Å². The van der Waals surface area contributed by atoms with E-state index >= 15 is 0 Å². The lowest BCUT2D eigenvalue weighted by Crippen LogP contribution is -2.33. The largest absolute Gasteiger partial charge is 0.458 e. The third-order valence-electron chi connectivity index (χ3n) is 4.05. The Morgan fingerprint density at radius 2 is 1.75 bits per heavy atom. The van der Waals surface area contributed by atoms with E-state index in [4.69, 9.17) is 28.9 Å². The molecule has 154 valence electrons. The number of piperidine rings is 1. The summed E-state index contributed by atoms with van der Waals surface area (Å²) in [6.07, 6.45) is 5.35. The van der Waals surface area contributed by atoms with E-state index in [9.17, 15) is 0 Å². The first-order valence-electron chi connectivity index (χ1n) is 9.62. The van der Waals surface area contributed by atoms with E-state index in [2.05, 4.69) is 36.6 Å². The van der Waals surface area contributed by atoms with E-state index in [0.29, 0.717) is 28.2 Å². The fourth-order valence-corrected chi connectivity index (χ4v) is 3.14. The van der Waals surface area contributed by atoms with Crippen molar-refractivity contribution < 1.29 is 4.42 Å². The Kier molecular flexibility index (Phi) is 9.87. The molecule has 2 rings (SSSR count). The van der Waals surface area contributed by atoms with E-state index in [1.54, 1.807) is 6.21 Å². The van der Waals surface area contributed by atoms with Gasteiger partial charge in [0.2, 0.25) is 0 Å². The van der Waals surface area contributed by atoms with Crippen LogP contribution in [0.4, 0.5) is 0 Å². The molecular weight excluding hydrogens is 394 g/mol. The molecule has 1 aliphatic heterocycles. The standard InChI is InChI=1S/C18H29N7OS2/c1-3-19-17(27)23-21-12-15(22-24-18(28)20-4-2)16-9-8-14(26-16)13-25-10-6-5-7-11-25/h8-9,12H,3-7,10-11,13H2,1-2H3,(H2,19,23,27)(H2,20,24,28)/b21-12+,22-15-. The molecule has 0 atom stereocenters. The van der Waals surface area contributed by atoms with E-state index in [1.807, 2.05) is 26.0 Å². The minimum atomic E-state index is 0.435. The number of furan rings is 1. The zero-order valence-corrected chi connectivity index (χ0v) is 18.1. The molecule has 0 amide bonds. The first-order chi connectivity index (χ1) is 13.6. The summed E-state index contributed by atoms with van der Waals surface area (Å²) in [6.45, 7) is 8.39. The summed E-state index contributed by atoms with van der Waals surface area (Å²) in [5, 5.41) is 15.3. The zero-order valence-electron chi connectivity index (χ0n) is 16.5. The van der Waals surface area contributed by atoms with Crippen LogP contribution in [0.1, 0.15) is 44.6 Å². The summed E-state index contributed by atoms with van der Waals surface area (Å²) in [5.41, 5.74) is 6.07. The Morgan fingerprint density at radius 1 is 1.07 bits per heavy atom. The van der Waals surface area contributed by atoms with Gasteiger partial charge in [0.25, 0.3) is 0 Å². The van der Waals surface area contributed by atoms with Crippen molar-refractivity contribution in [2.24, 2.45) is 10.2 Å². The number of hydrogen-bond donors (Lipinski definition) is 4. The van der Waals surface area contributed by atoms with Crippen LogP contribution in [0.15, 0.2) is 26.8 Å². The maximum atomic E-state index is 6.00. The van der Waals surface area contributed by atoms with Crippen LogP contribution in [0.25, 0.3) is 0 Å². The lowest BCUT2D eigenvalue weighted by atomic mass is 10.1. The quantitative estimate of drug-likeness (QED) is 0.287. The van der Waals surface area contributed by atoms with Crippen molar-refractivity contribution in [1.29, 1.82) is 0 Å². The molecule has 1 fully saturated rings. The Hall–Kier alpha value is -2.04. The second kappa shape index (κ2) is 12.4. The molecule has 1 aliphatic rings. The average molecular weight is 424 g/mol. The summed E-state index contributed by atoms with van der Waals surface area (Å²) in [4.78, 5) is 2.41. The van der Waals surface area contributed by atoms with E-state index in [0.717, 1.165) is 31.9 Å². The molecule has 4 N–H and O–H groups in total. The van der Waals surface area contributed by atoms with Crippen LogP contribution < -0.4 is 21.5 Å². The van der Waals surface area contributed by atoms with Crippen molar-refractivity contribution in [3.8, 4) is 0 Å². The van der Waals surface area contributed by atoms with E-state index < -0.39 is 0 Å². The molecule has 2 heterocycles. The van der Waals surface area contributed by atoms with Crippen LogP contribution in [-0.2, 0) is 6.54 Å². The highest BCUT2D eigenvalue weighted by Crippen LogP contribution is 2.15. The highest BCUT2D eigenvalue weighted by Gasteiger charge is 2.14. The SMILES string of the molecule is CCNC(=S)N/N=C(/C=N/NC(=S)NCC)c1ccc(CN2CCCCC2)o1. The summed E-state index contributed by atoms with van der Waals surface area (Å²) in [5.74, 6) is 1.52. The molecule has 10 heteroatoms. The Morgan fingerprint density at radius 3 is 2.43 bits per heavy atom. The molecule has 1 aromatic heterocycles. The minimum Gasteiger partial charge on any atom is -0.458 e. The van der Waals surface area contributed by atoms with Crippen molar-refractivity contribution in [3.05, 3.63) is 23.7 Å². The fraction of sp³-hybridized carbons (Fsp3) is 0.556. The molecule has 0 aromatic carbocycles. The highest BCUT2D eigenvalue weighted by atomic mass is 32.1. The van der Waals surface area contributed by atoms with Crippen molar-refractivity contribution in [2.45, 2.75) is 39.7 Å². The molecule has 1 aromatic rings. The molecule has 0 bridgehead atoms. The van der Waals surface area contributed by atoms with Crippen molar-refractivity contribution >= 4 is 46.6 Å². The van der Waals surface area contributed by atoms with Crippen LogP contribution in [0.2, 0.25) is 0 Å². The van der Waals surface area contributed by atoms with Gasteiger partial charge in [0.05, 0.1) is 12.8 Å². The van der Waals surface area contributed by atoms with E-state index in [1.165, 1.54) is 19.3 Å². The maximum absolute atomic E-state index is 6.00. The van der Waals surface area contributed by atoms with Crippen molar-refractivity contribution in [1.82, 2.24) is 26.4 Å². The van der Waals surface area contributed by atoms with Gasteiger partial charge < -0.3 is 15.1 Å². The molecule has 0 saturated carbocycles. The van der Waals surface area contributed by atoms with E-state index in [-0.39, 0.29) is 0 Å². The van der Waals surface area contributed by atoms with Gasteiger partial charge in [-0.2, -0.15) is 10.2 Å². The number of hydrazone groups is 2. The van der Waals surface area contributed by atoms with Gasteiger partial charge in [-0.1, -0.05) is 6.42 Å². The normalized spacial score (nSPS) is 15.4. The molecule has 28 heavy (non-hydrogen) atoms. The van der Waals surface area contributed by atoms with Gasteiger partial charge in [-0.3, -0.25) is 15.8 Å². The number of likely N-dealkylation sites (tertiary alicyclic amines) is 1.